The molecule has 0 saturated carbocycles. The lowest BCUT2D eigenvalue weighted by Crippen LogP contribution is -2.38. The molecule has 1 aromatic carbocycles. The summed E-state index contributed by atoms with van der Waals surface area (Å²) in [5, 5.41) is 12.1. The fourth-order valence-corrected chi connectivity index (χ4v) is 3.02. The van der Waals surface area contributed by atoms with Crippen molar-refractivity contribution >= 4 is 17.7 Å². The Balaban J connectivity index is 1.47. The molecular formula is C19H19FN4O2. The maximum absolute atomic E-state index is 13.3. The molecule has 0 atom stereocenters. The van der Waals surface area contributed by atoms with Crippen LogP contribution in [0.25, 0.3) is 6.08 Å². The maximum Gasteiger partial charge on any atom is 0.244 e. The number of rotatable bonds is 5. The average Bonchev–Trinajstić information content (AvgIpc) is 3.19. The third kappa shape index (κ3) is 4.48. The topological polar surface area (TPSA) is 82.2 Å². The Morgan fingerprint density at radius 2 is 2.27 bits per heavy atom. The van der Waals surface area contributed by atoms with Crippen molar-refractivity contribution in [3.05, 3.63) is 54.0 Å². The lowest BCUT2D eigenvalue weighted by Gasteiger charge is -2.34. The molecule has 1 aromatic heterocycles. The van der Waals surface area contributed by atoms with Gasteiger partial charge in [0.25, 0.3) is 0 Å². The van der Waals surface area contributed by atoms with Crippen molar-refractivity contribution in [2.75, 3.05) is 24.5 Å². The van der Waals surface area contributed by atoms with E-state index in [1.807, 2.05) is 0 Å². The van der Waals surface area contributed by atoms with E-state index in [1.54, 1.807) is 6.07 Å². The molecule has 1 N–H and O–H groups in total. The van der Waals surface area contributed by atoms with E-state index in [2.05, 4.69) is 21.3 Å². The van der Waals surface area contributed by atoms with Crippen molar-refractivity contribution < 1.29 is 13.6 Å². The number of halogens is 1. The summed E-state index contributed by atoms with van der Waals surface area (Å²) in [6.07, 6.45) is 7.68. The minimum absolute atomic E-state index is 0.184. The van der Waals surface area contributed by atoms with Gasteiger partial charge in [-0.25, -0.2) is 9.37 Å². The SMILES string of the molecule is N#Cc1cc(F)ccc1N1CCC(CNC(=O)C=Cc2ncco2)CC1. The van der Waals surface area contributed by atoms with Crippen molar-refractivity contribution in [2.45, 2.75) is 12.8 Å². The minimum atomic E-state index is -0.402. The molecule has 134 valence electrons. The first-order valence-corrected chi connectivity index (χ1v) is 8.45. The summed E-state index contributed by atoms with van der Waals surface area (Å²) < 4.78 is 18.3. The fourth-order valence-electron chi connectivity index (χ4n) is 3.02. The van der Waals surface area contributed by atoms with Gasteiger partial charge >= 0.3 is 0 Å². The highest BCUT2D eigenvalue weighted by Gasteiger charge is 2.21. The van der Waals surface area contributed by atoms with E-state index in [0.717, 1.165) is 31.6 Å². The van der Waals surface area contributed by atoms with Crippen LogP contribution in [-0.4, -0.2) is 30.5 Å². The van der Waals surface area contributed by atoms with Gasteiger partial charge in [-0.15, -0.1) is 0 Å². The Labute approximate surface area is 150 Å². The lowest BCUT2D eigenvalue weighted by atomic mass is 9.96. The molecular weight excluding hydrogens is 335 g/mol. The average molecular weight is 354 g/mol. The number of benzene rings is 1. The second kappa shape index (κ2) is 8.30. The van der Waals surface area contributed by atoms with Crippen molar-refractivity contribution in [3.8, 4) is 6.07 Å². The van der Waals surface area contributed by atoms with Gasteiger partial charge in [-0.05, 0) is 37.0 Å². The van der Waals surface area contributed by atoms with Gasteiger partial charge in [0, 0.05) is 31.8 Å². The predicted molar refractivity (Wildman–Crippen MR) is 94.6 cm³/mol. The van der Waals surface area contributed by atoms with Gasteiger partial charge in [0.15, 0.2) is 0 Å². The second-order valence-corrected chi connectivity index (χ2v) is 6.15. The van der Waals surface area contributed by atoms with E-state index in [0.29, 0.717) is 23.9 Å². The third-order valence-corrected chi connectivity index (χ3v) is 4.43. The Hall–Kier alpha value is -3.14. The molecule has 6 nitrogen and oxygen atoms in total. The summed E-state index contributed by atoms with van der Waals surface area (Å²) in [5.41, 5.74) is 1.12. The number of carbonyl (C=O) groups excluding carboxylic acids is 1. The first kappa shape index (κ1) is 17.7. The summed E-state index contributed by atoms with van der Waals surface area (Å²) in [6, 6.07) is 6.35. The molecule has 7 heteroatoms. The molecule has 0 radical (unpaired) electrons. The molecule has 2 heterocycles. The summed E-state index contributed by atoms with van der Waals surface area (Å²) in [5.74, 6) is 0.175. The van der Waals surface area contributed by atoms with Crippen LogP contribution in [0.15, 0.2) is 41.2 Å². The summed E-state index contributed by atoms with van der Waals surface area (Å²) in [6.45, 7) is 2.14. The molecule has 1 saturated heterocycles. The van der Waals surface area contributed by atoms with Crippen LogP contribution >= 0.6 is 0 Å². The Morgan fingerprint density at radius 1 is 1.46 bits per heavy atom. The van der Waals surface area contributed by atoms with Crippen molar-refractivity contribution in [1.29, 1.82) is 5.26 Å². The highest BCUT2D eigenvalue weighted by molar-refractivity contribution is 5.91. The number of aromatic nitrogens is 1. The smallest absolute Gasteiger partial charge is 0.244 e. The normalized spacial score (nSPS) is 15.2. The maximum atomic E-state index is 13.3. The van der Waals surface area contributed by atoms with Crippen molar-refractivity contribution in [1.82, 2.24) is 10.3 Å². The van der Waals surface area contributed by atoms with E-state index in [1.165, 1.54) is 36.7 Å². The van der Waals surface area contributed by atoms with Gasteiger partial charge < -0.3 is 14.6 Å². The zero-order valence-electron chi connectivity index (χ0n) is 14.2. The number of carbonyl (C=O) groups is 1. The quantitative estimate of drug-likeness (QED) is 0.835. The summed E-state index contributed by atoms with van der Waals surface area (Å²) in [7, 11) is 0. The van der Waals surface area contributed by atoms with Crippen LogP contribution in [0.4, 0.5) is 10.1 Å². The predicted octanol–water partition coefficient (Wildman–Crippen LogP) is 2.73. The Kier molecular flexibility index (Phi) is 5.64. The van der Waals surface area contributed by atoms with E-state index in [-0.39, 0.29) is 5.91 Å². The largest absolute Gasteiger partial charge is 0.445 e. The van der Waals surface area contributed by atoms with Gasteiger partial charge in [0.05, 0.1) is 17.4 Å². The van der Waals surface area contributed by atoms with Crippen molar-refractivity contribution in [2.24, 2.45) is 5.92 Å². The van der Waals surface area contributed by atoms with Crippen LogP contribution in [0.3, 0.4) is 0 Å². The molecule has 26 heavy (non-hydrogen) atoms. The molecule has 0 unspecified atom stereocenters. The van der Waals surface area contributed by atoms with E-state index in [9.17, 15) is 14.4 Å². The molecule has 3 rings (SSSR count). The second-order valence-electron chi connectivity index (χ2n) is 6.15. The Bertz CT molecular complexity index is 819. The number of nitrogens with zero attached hydrogens (tertiary/aromatic N) is 3. The number of hydrogen-bond acceptors (Lipinski definition) is 5. The molecule has 0 bridgehead atoms. The number of piperidine rings is 1. The highest BCUT2D eigenvalue weighted by atomic mass is 19.1. The summed E-state index contributed by atoms with van der Waals surface area (Å²) >= 11 is 0. The molecule has 0 aliphatic carbocycles. The van der Waals surface area contributed by atoms with Gasteiger partial charge in [-0.2, -0.15) is 5.26 Å². The number of hydrogen-bond donors (Lipinski definition) is 1. The third-order valence-electron chi connectivity index (χ3n) is 4.43. The standard InChI is InChI=1S/C19H19FN4O2/c20-16-1-2-17(15(11-16)12-21)24-8-5-14(6-9-24)13-23-18(25)3-4-19-22-7-10-26-19/h1-4,7,10-11,14H,5-6,8-9,13H2,(H,23,25). The molecule has 1 fully saturated rings. The molecule has 1 aliphatic rings. The minimum Gasteiger partial charge on any atom is -0.445 e. The van der Waals surface area contributed by atoms with Crippen LogP contribution in [0, 0.1) is 23.1 Å². The van der Waals surface area contributed by atoms with E-state index >= 15 is 0 Å². The fraction of sp³-hybridized carbons (Fsp3) is 0.316. The van der Waals surface area contributed by atoms with Crippen LogP contribution in [0.2, 0.25) is 0 Å². The van der Waals surface area contributed by atoms with Gasteiger partial charge in [-0.3, -0.25) is 4.79 Å². The number of oxazole rings is 1. The molecule has 2 aromatic rings. The Morgan fingerprint density at radius 3 is 2.96 bits per heavy atom. The highest BCUT2D eigenvalue weighted by Crippen LogP contribution is 2.26. The van der Waals surface area contributed by atoms with Crippen LogP contribution in [0.1, 0.15) is 24.3 Å². The van der Waals surface area contributed by atoms with E-state index in [4.69, 9.17) is 4.42 Å². The van der Waals surface area contributed by atoms with E-state index < -0.39 is 5.82 Å². The molecule has 1 amide bonds. The first-order valence-electron chi connectivity index (χ1n) is 8.45. The van der Waals surface area contributed by atoms with Crippen molar-refractivity contribution in [3.63, 3.8) is 0 Å². The number of amides is 1. The first-order chi connectivity index (χ1) is 12.7. The van der Waals surface area contributed by atoms with Gasteiger partial charge in [0.2, 0.25) is 11.8 Å². The number of nitrogens with one attached hydrogen (secondary N) is 1. The zero-order valence-corrected chi connectivity index (χ0v) is 14.2. The molecule has 1 aliphatic heterocycles. The van der Waals surface area contributed by atoms with Gasteiger partial charge in [0.1, 0.15) is 18.1 Å². The molecule has 0 spiro atoms. The van der Waals surface area contributed by atoms with Crippen LogP contribution in [0.5, 0.6) is 0 Å². The van der Waals surface area contributed by atoms with Gasteiger partial charge in [-0.1, -0.05) is 0 Å². The monoisotopic (exact) mass is 354 g/mol. The number of anilines is 1. The summed E-state index contributed by atoms with van der Waals surface area (Å²) in [4.78, 5) is 17.8. The lowest BCUT2D eigenvalue weighted by molar-refractivity contribution is -0.116. The van der Waals surface area contributed by atoms with Crippen LogP contribution in [-0.2, 0) is 4.79 Å². The van der Waals surface area contributed by atoms with Crippen LogP contribution < -0.4 is 10.2 Å². The zero-order chi connectivity index (χ0) is 18.4. The number of nitriles is 1.